The van der Waals surface area contributed by atoms with Crippen LogP contribution < -0.4 is 16.2 Å². The van der Waals surface area contributed by atoms with Gasteiger partial charge in [0.15, 0.2) is 0 Å². The average Bonchev–Trinajstić information content (AvgIpc) is 2.80. The summed E-state index contributed by atoms with van der Waals surface area (Å²) >= 11 is 0. The topological polar surface area (TPSA) is 74.2 Å². The van der Waals surface area contributed by atoms with E-state index < -0.39 is 0 Å². The van der Waals surface area contributed by atoms with E-state index in [9.17, 15) is 0 Å². The second kappa shape index (κ2) is 4.55. The minimum absolute atomic E-state index is 0.0663. The molecule has 4 N–H and O–H groups in total. The molecule has 0 bridgehead atoms. The zero-order valence-electron chi connectivity index (χ0n) is 10.9. The number of hydrogen-bond donors (Lipinski definition) is 2. The first-order chi connectivity index (χ1) is 9.17. The molecule has 2 aromatic rings. The van der Waals surface area contributed by atoms with Gasteiger partial charge in [-0.3, -0.25) is 0 Å². The highest BCUT2D eigenvalue weighted by atomic mass is 16.5. The zero-order chi connectivity index (χ0) is 13.4. The highest BCUT2D eigenvalue weighted by Gasteiger charge is 2.25. The molecule has 1 atom stereocenters. The third-order valence-electron chi connectivity index (χ3n) is 3.35. The quantitative estimate of drug-likeness (QED) is 0.859. The Morgan fingerprint density at radius 1 is 1.37 bits per heavy atom. The molecular weight excluding hydrogens is 238 g/mol. The Morgan fingerprint density at radius 2 is 2.21 bits per heavy atom. The highest BCUT2D eigenvalue weighted by molar-refractivity contribution is 5.72. The Balaban J connectivity index is 2.13. The Labute approximate surface area is 112 Å². The van der Waals surface area contributed by atoms with Crippen LogP contribution in [0.5, 0.6) is 5.75 Å². The molecule has 3 rings (SSSR count). The Kier molecular flexibility index (Phi) is 2.87. The van der Waals surface area contributed by atoms with Crippen LogP contribution in [0, 0.1) is 6.92 Å². The van der Waals surface area contributed by atoms with Gasteiger partial charge in [0.05, 0.1) is 5.69 Å². The van der Waals surface area contributed by atoms with Crippen LogP contribution in [-0.2, 0) is 6.42 Å². The second-order valence-corrected chi connectivity index (χ2v) is 4.93. The van der Waals surface area contributed by atoms with Gasteiger partial charge >= 0.3 is 0 Å². The molecule has 0 saturated heterocycles. The number of anilines is 1. The van der Waals surface area contributed by atoms with Crippen molar-refractivity contribution in [1.82, 2.24) is 4.98 Å². The summed E-state index contributed by atoms with van der Waals surface area (Å²) in [7, 11) is 0. The summed E-state index contributed by atoms with van der Waals surface area (Å²) in [6.07, 6.45) is 0.930. The molecule has 0 spiro atoms. The van der Waals surface area contributed by atoms with Crippen LogP contribution in [0.3, 0.4) is 0 Å². The fourth-order valence-corrected chi connectivity index (χ4v) is 2.52. The minimum atomic E-state index is 0.0663. The lowest BCUT2D eigenvalue weighted by Gasteiger charge is -2.11. The monoisotopic (exact) mass is 255 g/mol. The van der Waals surface area contributed by atoms with Gasteiger partial charge in [0.2, 0.25) is 0 Å². The maximum Gasteiger partial charge on any atom is 0.132 e. The first-order valence-corrected chi connectivity index (χ1v) is 6.40. The van der Waals surface area contributed by atoms with E-state index in [0.29, 0.717) is 12.4 Å². The number of aromatic nitrogens is 1. The number of fused-ring (bicyclic) bond motifs is 1. The van der Waals surface area contributed by atoms with Crippen LogP contribution in [0.25, 0.3) is 11.3 Å². The summed E-state index contributed by atoms with van der Waals surface area (Å²) in [6, 6.07) is 9.87. The lowest BCUT2D eigenvalue weighted by Crippen LogP contribution is -2.24. The van der Waals surface area contributed by atoms with E-state index in [1.165, 1.54) is 11.1 Å². The number of nitrogen functional groups attached to an aromatic ring is 1. The van der Waals surface area contributed by atoms with Gasteiger partial charge < -0.3 is 16.2 Å². The number of ether oxygens (including phenoxy) is 1. The van der Waals surface area contributed by atoms with Gasteiger partial charge in [-0.2, -0.15) is 0 Å². The van der Waals surface area contributed by atoms with Gasteiger partial charge in [-0.1, -0.05) is 12.1 Å². The Hall–Kier alpha value is -2.07. The fourth-order valence-electron chi connectivity index (χ4n) is 2.52. The number of nitrogens with two attached hydrogens (primary N) is 2. The number of aryl methyl sites for hydroxylation is 1. The summed E-state index contributed by atoms with van der Waals surface area (Å²) in [6.45, 7) is 2.60. The number of benzene rings is 1. The maximum atomic E-state index is 5.93. The maximum absolute atomic E-state index is 5.93. The molecule has 1 aromatic carbocycles. The first-order valence-electron chi connectivity index (χ1n) is 6.40. The highest BCUT2D eigenvalue weighted by Crippen LogP contribution is 2.39. The van der Waals surface area contributed by atoms with Crippen molar-refractivity contribution in [2.24, 2.45) is 5.73 Å². The van der Waals surface area contributed by atoms with Crippen molar-refractivity contribution in [2.75, 3.05) is 12.3 Å². The number of hydrogen-bond acceptors (Lipinski definition) is 4. The molecule has 0 fully saturated rings. The van der Waals surface area contributed by atoms with Gasteiger partial charge in [0, 0.05) is 18.5 Å². The summed E-state index contributed by atoms with van der Waals surface area (Å²) in [5.74, 6) is 1.42. The lowest BCUT2D eigenvalue weighted by atomic mass is 10.0. The van der Waals surface area contributed by atoms with E-state index in [-0.39, 0.29) is 6.10 Å². The van der Waals surface area contributed by atoms with E-state index in [1.54, 1.807) is 6.07 Å². The van der Waals surface area contributed by atoms with Gasteiger partial charge in [-0.15, -0.1) is 0 Å². The van der Waals surface area contributed by atoms with Gasteiger partial charge in [0.1, 0.15) is 17.7 Å². The molecule has 1 aliphatic heterocycles. The third-order valence-corrected chi connectivity index (χ3v) is 3.35. The summed E-state index contributed by atoms with van der Waals surface area (Å²) in [4.78, 5) is 4.38. The van der Waals surface area contributed by atoms with E-state index in [4.69, 9.17) is 16.2 Å². The summed E-state index contributed by atoms with van der Waals surface area (Å²) < 4.78 is 5.93. The molecule has 98 valence electrons. The molecule has 0 aliphatic carbocycles. The Morgan fingerprint density at radius 3 is 2.95 bits per heavy atom. The first kappa shape index (κ1) is 12.0. The van der Waals surface area contributed by atoms with Crippen LogP contribution in [0.4, 0.5) is 5.82 Å². The van der Waals surface area contributed by atoms with Crippen LogP contribution in [0.15, 0.2) is 30.3 Å². The van der Waals surface area contributed by atoms with Crippen LogP contribution in [0.2, 0.25) is 0 Å². The summed E-state index contributed by atoms with van der Waals surface area (Å²) in [5.41, 5.74) is 15.7. The number of nitrogens with zero attached hydrogens (tertiary/aromatic N) is 1. The second-order valence-electron chi connectivity index (χ2n) is 4.93. The Bertz CT molecular complexity index is 625. The van der Waals surface area contributed by atoms with Crippen LogP contribution in [0.1, 0.15) is 11.1 Å². The molecule has 2 heterocycles. The van der Waals surface area contributed by atoms with E-state index >= 15 is 0 Å². The van der Waals surface area contributed by atoms with Gasteiger partial charge in [0.25, 0.3) is 0 Å². The lowest BCUT2D eigenvalue weighted by molar-refractivity contribution is 0.242. The van der Waals surface area contributed by atoms with Crippen molar-refractivity contribution in [3.8, 4) is 17.0 Å². The molecule has 1 unspecified atom stereocenters. The standard InChI is InChI=1S/C15H17N3O/c1-9-5-10-7-11(8-16)19-15(10)12(6-9)13-3-2-4-14(17)18-13/h2-6,11H,7-8,16H2,1H3,(H2,17,18). The molecule has 19 heavy (non-hydrogen) atoms. The van der Waals surface area contributed by atoms with Crippen LogP contribution >= 0.6 is 0 Å². The molecule has 0 saturated carbocycles. The molecule has 1 aromatic heterocycles. The molecule has 0 amide bonds. The normalized spacial score (nSPS) is 17.1. The van der Waals surface area contributed by atoms with Gasteiger partial charge in [-0.25, -0.2) is 4.98 Å². The molecule has 1 aliphatic rings. The fraction of sp³-hybridized carbons (Fsp3) is 0.267. The van der Waals surface area contributed by atoms with Crippen molar-refractivity contribution in [2.45, 2.75) is 19.4 Å². The van der Waals surface area contributed by atoms with E-state index in [0.717, 1.165) is 23.4 Å². The summed E-state index contributed by atoms with van der Waals surface area (Å²) in [5, 5.41) is 0. The predicted octanol–water partition coefficient (Wildman–Crippen LogP) is 1.90. The smallest absolute Gasteiger partial charge is 0.132 e. The van der Waals surface area contributed by atoms with Crippen molar-refractivity contribution >= 4 is 5.82 Å². The number of rotatable bonds is 2. The number of pyridine rings is 1. The zero-order valence-corrected chi connectivity index (χ0v) is 10.9. The predicted molar refractivity (Wildman–Crippen MR) is 76.0 cm³/mol. The van der Waals surface area contributed by atoms with Crippen molar-refractivity contribution < 1.29 is 4.74 Å². The molecule has 4 heteroatoms. The largest absolute Gasteiger partial charge is 0.488 e. The molecular formula is C15H17N3O. The SMILES string of the molecule is Cc1cc2c(c(-c3cccc(N)n3)c1)OC(CN)C2. The van der Waals surface area contributed by atoms with E-state index in [2.05, 4.69) is 24.0 Å². The average molecular weight is 255 g/mol. The molecule has 4 nitrogen and oxygen atoms in total. The van der Waals surface area contributed by atoms with Gasteiger partial charge in [-0.05, 0) is 36.2 Å². The van der Waals surface area contributed by atoms with E-state index in [1.807, 2.05) is 12.1 Å². The van der Waals surface area contributed by atoms with Crippen molar-refractivity contribution in [3.63, 3.8) is 0 Å². The minimum Gasteiger partial charge on any atom is -0.488 e. The van der Waals surface area contributed by atoms with Crippen molar-refractivity contribution in [1.29, 1.82) is 0 Å². The van der Waals surface area contributed by atoms with Crippen molar-refractivity contribution in [3.05, 3.63) is 41.5 Å². The van der Waals surface area contributed by atoms with Crippen LogP contribution in [-0.4, -0.2) is 17.6 Å². The third kappa shape index (κ3) is 2.15. The molecule has 0 radical (unpaired) electrons.